The highest BCUT2D eigenvalue weighted by atomic mass is 19.1. The van der Waals surface area contributed by atoms with Crippen molar-refractivity contribution in [3.8, 4) is 0 Å². The van der Waals surface area contributed by atoms with E-state index in [0.29, 0.717) is 12.2 Å². The van der Waals surface area contributed by atoms with Crippen molar-refractivity contribution in [1.82, 2.24) is 4.90 Å². The van der Waals surface area contributed by atoms with E-state index in [1.54, 1.807) is 17.0 Å². The minimum absolute atomic E-state index is 0.0113. The second kappa shape index (κ2) is 5.27. The van der Waals surface area contributed by atoms with E-state index >= 15 is 0 Å². The molecule has 1 aromatic rings. The average molecular weight is 237 g/mol. The van der Waals surface area contributed by atoms with Gasteiger partial charge in [0.05, 0.1) is 13.0 Å². The van der Waals surface area contributed by atoms with Gasteiger partial charge >= 0.3 is 0 Å². The molecule has 1 heterocycles. The van der Waals surface area contributed by atoms with Crippen LogP contribution < -0.4 is 0 Å². The molecule has 17 heavy (non-hydrogen) atoms. The number of amides is 1. The summed E-state index contributed by atoms with van der Waals surface area (Å²) in [5.74, 6) is -0.318. The number of ether oxygens (including phenoxy) is 1. The molecule has 1 saturated heterocycles. The maximum Gasteiger partial charge on any atom is 0.229 e. The zero-order valence-corrected chi connectivity index (χ0v) is 9.86. The van der Waals surface area contributed by atoms with Gasteiger partial charge in [0, 0.05) is 6.54 Å². The van der Waals surface area contributed by atoms with Gasteiger partial charge in [0.1, 0.15) is 12.0 Å². The van der Waals surface area contributed by atoms with Crippen LogP contribution in [0.25, 0.3) is 0 Å². The molecule has 0 N–H and O–H groups in total. The van der Waals surface area contributed by atoms with Gasteiger partial charge in [-0.05, 0) is 31.0 Å². The molecule has 1 aliphatic heterocycles. The van der Waals surface area contributed by atoms with Gasteiger partial charge in [-0.15, -0.1) is 0 Å². The van der Waals surface area contributed by atoms with Gasteiger partial charge in [0.25, 0.3) is 0 Å². The summed E-state index contributed by atoms with van der Waals surface area (Å²) in [7, 11) is 0. The van der Waals surface area contributed by atoms with E-state index in [9.17, 15) is 9.18 Å². The molecule has 0 aliphatic carbocycles. The monoisotopic (exact) mass is 237 g/mol. The molecule has 1 atom stereocenters. The molecule has 0 radical (unpaired) electrons. The largest absolute Gasteiger partial charge is 0.359 e. The molecule has 3 nitrogen and oxygen atoms in total. The van der Waals surface area contributed by atoms with E-state index < -0.39 is 0 Å². The Morgan fingerprint density at radius 2 is 2.41 bits per heavy atom. The Bertz CT molecular complexity index is 408. The molecule has 1 aliphatic rings. The Kier molecular flexibility index (Phi) is 3.74. The Labute approximate surface area is 100 Å². The van der Waals surface area contributed by atoms with Gasteiger partial charge < -0.3 is 9.64 Å². The van der Waals surface area contributed by atoms with Crippen molar-refractivity contribution in [3.05, 3.63) is 35.6 Å². The van der Waals surface area contributed by atoms with Gasteiger partial charge in [-0.1, -0.05) is 12.1 Å². The summed E-state index contributed by atoms with van der Waals surface area (Å²) in [4.78, 5) is 13.7. The predicted octanol–water partition coefficient (Wildman–Crippen LogP) is 1.96. The van der Waals surface area contributed by atoms with Gasteiger partial charge in [-0.3, -0.25) is 4.79 Å². The van der Waals surface area contributed by atoms with Crippen molar-refractivity contribution in [2.45, 2.75) is 26.0 Å². The van der Waals surface area contributed by atoms with E-state index in [-0.39, 0.29) is 24.4 Å². The standard InChI is InChI=1S/C13H16FNO2/c1-10-15(6-3-7-17-10)13(16)9-11-4-2-5-12(14)8-11/h2,4-5,8,10H,3,6-7,9H2,1H3. The summed E-state index contributed by atoms with van der Waals surface area (Å²) in [5.41, 5.74) is 0.702. The van der Waals surface area contributed by atoms with Crippen molar-refractivity contribution in [2.24, 2.45) is 0 Å². The Morgan fingerprint density at radius 1 is 1.59 bits per heavy atom. The number of rotatable bonds is 2. The SMILES string of the molecule is CC1OCCCN1C(=O)Cc1cccc(F)c1. The van der Waals surface area contributed by atoms with Gasteiger partial charge in [0.2, 0.25) is 5.91 Å². The topological polar surface area (TPSA) is 29.5 Å². The highest BCUT2D eigenvalue weighted by Gasteiger charge is 2.23. The fourth-order valence-electron chi connectivity index (χ4n) is 2.01. The van der Waals surface area contributed by atoms with E-state index in [0.717, 1.165) is 13.0 Å². The fourth-order valence-corrected chi connectivity index (χ4v) is 2.01. The second-order valence-electron chi connectivity index (χ2n) is 4.22. The first-order chi connectivity index (χ1) is 8.16. The van der Waals surface area contributed by atoms with E-state index in [1.807, 2.05) is 6.92 Å². The van der Waals surface area contributed by atoms with Crippen LogP contribution in [0.1, 0.15) is 18.9 Å². The van der Waals surface area contributed by atoms with Crippen LogP contribution in [-0.4, -0.2) is 30.2 Å². The summed E-state index contributed by atoms with van der Waals surface area (Å²) in [5, 5.41) is 0. The van der Waals surface area contributed by atoms with E-state index in [1.165, 1.54) is 12.1 Å². The lowest BCUT2D eigenvalue weighted by Crippen LogP contribution is -2.45. The summed E-state index contributed by atoms with van der Waals surface area (Å²) in [6, 6.07) is 6.15. The van der Waals surface area contributed by atoms with Crippen molar-refractivity contribution in [2.75, 3.05) is 13.2 Å². The van der Waals surface area contributed by atoms with Gasteiger partial charge in [-0.2, -0.15) is 0 Å². The molecule has 0 spiro atoms. The van der Waals surface area contributed by atoms with Crippen LogP contribution in [-0.2, 0) is 16.0 Å². The smallest absolute Gasteiger partial charge is 0.229 e. The molecular formula is C13H16FNO2. The molecule has 1 amide bonds. The number of benzene rings is 1. The lowest BCUT2D eigenvalue weighted by Gasteiger charge is -2.33. The summed E-state index contributed by atoms with van der Waals surface area (Å²) in [6.07, 6.45) is 0.912. The average Bonchev–Trinajstić information content (AvgIpc) is 2.29. The number of hydrogen-bond donors (Lipinski definition) is 0. The quantitative estimate of drug-likeness (QED) is 0.787. The molecule has 0 bridgehead atoms. The molecule has 2 rings (SSSR count). The fraction of sp³-hybridized carbons (Fsp3) is 0.462. The first kappa shape index (κ1) is 12.0. The molecule has 1 aromatic carbocycles. The van der Waals surface area contributed by atoms with Crippen LogP contribution in [0.15, 0.2) is 24.3 Å². The van der Waals surface area contributed by atoms with Crippen LogP contribution in [0.4, 0.5) is 4.39 Å². The molecule has 4 heteroatoms. The number of carbonyl (C=O) groups excluding carboxylic acids is 1. The minimum Gasteiger partial charge on any atom is -0.359 e. The first-order valence-electron chi connectivity index (χ1n) is 5.82. The van der Waals surface area contributed by atoms with Crippen molar-refractivity contribution >= 4 is 5.91 Å². The van der Waals surface area contributed by atoms with Crippen LogP contribution in [0.5, 0.6) is 0 Å². The van der Waals surface area contributed by atoms with Crippen molar-refractivity contribution < 1.29 is 13.9 Å². The lowest BCUT2D eigenvalue weighted by molar-refractivity contribution is -0.151. The number of hydrogen-bond acceptors (Lipinski definition) is 2. The zero-order chi connectivity index (χ0) is 12.3. The van der Waals surface area contributed by atoms with Crippen LogP contribution in [0, 0.1) is 5.82 Å². The molecule has 1 fully saturated rings. The third kappa shape index (κ3) is 3.03. The third-order valence-electron chi connectivity index (χ3n) is 2.91. The first-order valence-corrected chi connectivity index (χ1v) is 5.82. The highest BCUT2D eigenvalue weighted by Crippen LogP contribution is 2.13. The van der Waals surface area contributed by atoms with Crippen LogP contribution >= 0.6 is 0 Å². The highest BCUT2D eigenvalue weighted by molar-refractivity contribution is 5.79. The lowest BCUT2D eigenvalue weighted by atomic mass is 10.1. The van der Waals surface area contributed by atoms with Crippen molar-refractivity contribution in [1.29, 1.82) is 0 Å². The second-order valence-corrected chi connectivity index (χ2v) is 4.22. The van der Waals surface area contributed by atoms with Crippen LogP contribution in [0.2, 0.25) is 0 Å². The van der Waals surface area contributed by atoms with Gasteiger partial charge in [0.15, 0.2) is 0 Å². The molecule has 1 unspecified atom stereocenters. The summed E-state index contributed by atoms with van der Waals surface area (Å²) in [6.45, 7) is 3.28. The Balaban J connectivity index is 2.01. The van der Waals surface area contributed by atoms with Crippen LogP contribution in [0.3, 0.4) is 0 Å². The van der Waals surface area contributed by atoms with E-state index in [4.69, 9.17) is 4.74 Å². The predicted molar refractivity (Wildman–Crippen MR) is 61.8 cm³/mol. The summed E-state index contributed by atoms with van der Waals surface area (Å²) < 4.78 is 18.4. The van der Waals surface area contributed by atoms with Crippen molar-refractivity contribution in [3.63, 3.8) is 0 Å². The van der Waals surface area contributed by atoms with E-state index in [2.05, 4.69) is 0 Å². The zero-order valence-electron chi connectivity index (χ0n) is 9.86. The Morgan fingerprint density at radius 3 is 3.12 bits per heavy atom. The molecular weight excluding hydrogens is 221 g/mol. The maximum atomic E-state index is 13.0. The normalized spacial score (nSPS) is 20.4. The molecule has 0 saturated carbocycles. The minimum atomic E-state index is -0.307. The number of halogens is 1. The summed E-state index contributed by atoms with van der Waals surface area (Å²) >= 11 is 0. The number of carbonyl (C=O) groups is 1. The number of nitrogens with zero attached hydrogens (tertiary/aromatic N) is 1. The molecule has 92 valence electrons. The van der Waals surface area contributed by atoms with Gasteiger partial charge in [-0.25, -0.2) is 4.39 Å². The Hall–Kier alpha value is -1.42. The molecule has 0 aromatic heterocycles. The maximum absolute atomic E-state index is 13.0. The third-order valence-corrected chi connectivity index (χ3v) is 2.91.